The molecular weight excluding hydrogens is 278 g/mol. The van der Waals surface area contributed by atoms with Gasteiger partial charge < -0.3 is 4.90 Å². The van der Waals surface area contributed by atoms with Gasteiger partial charge in [0.15, 0.2) is 0 Å². The van der Waals surface area contributed by atoms with Crippen LogP contribution in [0.3, 0.4) is 0 Å². The first-order valence-corrected chi connectivity index (χ1v) is 10.2. The minimum absolute atomic E-state index is 1.08. The van der Waals surface area contributed by atoms with Crippen LogP contribution in [-0.4, -0.2) is 21.2 Å². The molecule has 0 saturated heterocycles. The molecule has 0 aromatic heterocycles. The average molecular weight is 300 g/mol. The van der Waals surface area contributed by atoms with E-state index in [9.17, 15) is 0 Å². The molecular formula is C13H22BrNSi. The number of hydrogen-bond acceptors (Lipinski definition) is 1. The zero-order valence-electron chi connectivity index (χ0n) is 11.0. The van der Waals surface area contributed by atoms with E-state index in [0.29, 0.717) is 0 Å². The van der Waals surface area contributed by atoms with Crippen molar-refractivity contribution < 1.29 is 0 Å². The van der Waals surface area contributed by atoms with Crippen LogP contribution in [-0.2, 0) is 0 Å². The minimum atomic E-state index is -1.28. The molecule has 0 amide bonds. The number of rotatable bonds is 4. The van der Waals surface area contributed by atoms with E-state index in [-0.39, 0.29) is 0 Å². The Morgan fingerprint density at radius 3 is 2.12 bits per heavy atom. The smallest absolute Gasteiger partial charge is 0.0803 e. The minimum Gasteiger partial charge on any atom is -0.372 e. The lowest BCUT2D eigenvalue weighted by atomic mass is 10.3. The van der Waals surface area contributed by atoms with Crippen LogP contribution in [0, 0.1) is 0 Å². The summed E-state index contributed by atoms with van der Waals surface area (Å²) in [5.41, 5.74) is 1.42. The Bertz CT molecular complexity index is 353. The molecule has 1 nitrogen and oxygen atoms in total. The molecule has 0 saturated carbocycles. The molecule has 0 heterocycles. The van der Waals surface area contributed by atoms with Gasteiger partial charge in [0.2, 0.25) is 0 Å². The molecule has 0 N–H and O–H groups in total. The molecule has 0 bridgehead atoms. The summed E-state index contributed by atoms with van der Waals surface area (Å²) in [5.74, 6) is 0. The molecule has 3 heteroatoms. The molecule has 0 aliphatic heterocycles. The van der Waals surface area contributed by atoms with E-state index in [1.54, 1.807) is 5.19 Å². The largest absolute Gasteiger partial charge is 0.372 e. The van der Waals surface area contributed by atoms with Crippen molar-refractivity contribution in [1.29, 1.82) is 0 Å². The summed E-state index contributed by atoms with van der Waals surface area (Å²) in [6.45, 7) is 13.8. The van der Waals surface area contributed by atoms with Gasteiger partial charge in [-0.2, -0.15) is 0 Å². The Labute approximate surface area is 109 Å². The Morgan fingerprint density at radius 2 is 1.69 bits per heavy atom. The first-order valence-electron chi connectivity index (χ1n) is 5.95. The predicted molar refractivity (Wildman–Crippen MR) is 80.7 cm³/mol. The third-order valence-corrected chi connectivity index (χ3v) is 5.38. The molecule has 0 aliphatic rings. The maximum absolute atomic E-state index is 3.59. The van der Waals surface area contributed by atoms with Crippen molar-refractivity contribution in [2.45, 2.75) is 33.5 Å². The van der Waals surface area contributed by atoms with Crippen molar-refractivity contribution in [2.24, 2.45) is 0 Å². The van der Waals surface area contributed by atoms with Crippen LogP contribution in [0.2, 0.25) is 19.6 Å². The van der Waals surface area contributed by atoms with Crippen LogP contribution in [0.25, 0.3) is 0 Å². The zero-order chi connectivity index (χ0) is 12.3. The van der Waals surface area contributed by atoms with Crippen molar-refractivity contribution in [3.8, 4) is 0 Å². The second-order valence-electron chi connectivity index (χ2n) is 5.08. The SMILES string of the molecule is CCN(CC)c1ccc(Br)cc1[Si](C)(C)C. The fraction of sp³-hybridized carbons (Fsp3) is 0.538. The first kappa shape index (κ1) is 13.8. The standard InChI is InChI=1S/C13H22BrNSi/c1-6-15(7-2)12-9-8-11(14)10-13(12)16(3,4)5/h8-10H,6-7H2,1-5H3. The van der Waals surface area contributed by atoms with E-state index in [4.69, 9.17) is 0 Å². The molecule has 1 aromatic rings. The molecule has 0 unspecified atom stereocenters. The number of nitrogens with zero attached hydrogens (tertiary/aromatic N) is 1. The van der Waals surface area contributed by atoms with Crippen molar-refractivity contribution in [3.05, 3.63) is 22.7 Å². The van der Waals surface area contributed by atoms with E-state index in [0.717, 1.165) is 13.1 Å². The van der Waals surface area contributed by atoms with E-state index >= 15 is 0 Å². The highest BCUT2D eigenvalue weighted by Gasteiger charge is 2.22. The van der Waals surface area contributed by atoms with Crippen molar-refractivity contribution in [1.82, 2.24) is 0 Å². The third kappa shape index (κ3) is 3.11. The maximum atomic E-state index is 3.59. The average Bonchev–Trinajstić information content (AvgIpc) is 2.20. The highest BCUT2D eigenvalue weighted by atomic mass is 79.9. The van der Waals surface area contributed by atoms with Gasteiger partial charge in [-0.25, -0.2) is 0 Å². The second-order valence-corrected chi connectivity index (χ2v) is 11.0. The van der Waals surface area contributed by atoms with Crippen LogP contribution >= 0.6 is 15.9 Å². The van der Waals surface area contributed by atoms with Gasteiger partial charge in [0.25, 0.3) is 0 Å². The van der Waals surface area contributed by atoms with Gasteiger partial charge >= 0.3 is 0 Å². The van der Waals surface area contributed by atoms with Gasteiger partial charge in [-0.1, -0.05) is 35.6 Å². The summed E-state index contributed by atoms with van der Waals surface area (Å²) in [5, 5.41) is 1.55. The highest BCUT2D eigenvalue weighted by molar-refractivity contribution is 9.10. The number of benzene rings is 1. The number of anilines is 1. The fourth-order valence-electron chi connectivity index (χ4n) is 1.95. The van der Waals surface area contributed by atoms with E-state index in [2.05, 4.69) is 72.5 Å². The predicted octanol–water partition coefficient (Wildman–Crippen LogP) is 3.84. The molecule has 0 atom stereocenters. The van der Waals surface area contributed by atoms with Crippen LogP contribution in [0.15, 0.2) is 22.7 Å². The van der Waals surface area contributed by atoms with Crippen LogP contribution in [0.5, 0.6) is 0 Å². The van der Waals surface area contributed by atoms with Gasteiger partial charge in [-0.3, -0.25) is 0 Å². The van der Waals surface area contributed by atoms with Crippen molar-refractivity contribution in [3.63, 3.8) is 0 Å². The summed E-state index contributed by atoms with van der Waals surface area (Å²) < 4.78 is 1.20. The second kappa shape index (κ2) is 5.37. The number of halogens is 1. The lowest BCUT2D eigenvalue weighted by Crippen LogP contribution is -2.42. The summed E-state index contributed by atoms with van der Waals surface area (Å²) in [7, 11) is -1.28. The van der Waals surface area contributed by atoms with Gasteiger partial charge in [0, 0.05) is 23.2 Å². The lowest BCUT2D eigenvalue weighted by molar-refractivity contribution is 0.869. The Hall–Kier alpha value is -0.283. The Kier molecular flexibility index (Phi) is 4.62. The van der Waals surface area contributed by atoms with Gasteiger partial charge in [-0.15, -0.1) is 0 Å². The topological polar surface area (TPSA) is 3.24 Å². The van der Waals surface area contributed by atoms with Crippen LogP contribution in [0.1, 0.15) is 13.8 Å². The summed E-state index contributed by atoms with van der Waals surface area (Å²) >= 11 is 3.59. The zero-order valence-corrected chi connectivity index (χ0v) is 13.6. The molecule has 1 aromatic carbocycles. The van der Waals surface area contributed by atoms with Gasteiger partial charge in [-0.05, 0) is 37.2 Å². The van der Waals surface area contributed by atoms with E-state index in [1.807, 2.05) is 0 Å². The molecule has 0 fully saturated rings. The van der Waals surface area contributed by atoms with Crippen molar-refractivity contribution >= 4 is 34.9 Å². The summed E-state index contributed by atoms with van der Waals surface area (Å²) in [6, 6.07) is 6.71. The van der Waals surface area contributed by atoms with Crippen molar-refractivity contribution in [2.75, 3.05) is 18.0 Å². The lowest BCUT2D eigenvalue weighted by Gasteiger charge is -2.29. The van der Waals surface area contributed by atoms with E-state index < -0.39 is 8.07 Å². The highest BCUT2D eigenvalue weighted by Crippen LogP contribution is 2.20. The summed E-state index contributed by atoms with van der Waals surface area (Å²) in [6.07, 6.45) is 0. The molecule has 90 valence electrons. The molecule has 0 aliphatic carbocycles. The molecule has 0 spiro atoms. The third-order valence-electron chi connectivity index (χ3n) is 2.87. The molecule has 0 radical (unpaired) electrons. The molecule has 16 heavy (non-hydrogen) atoms. The number of hydrogen-bond donors (Lipinski definition) is 0. The maximum Gasteiger partial charge on any atom is 0.0803 e. The van der Waals surface area contributed by atoms with Crippen LogP contribution < -0.4 is 10.1 Å². The monoisotopic (exact) mass is 299 g/mol. The first-order chi connectivity index (χ1) is 7.40. The van der Waals surface area contributed by atoms with Gasteiger partial charge in [0.05, 0.1) is 8.07 Å². The summed E-state index contributed by atoms with van der Waals surface area (Å²) in [4.78, 5) is 2.44. The van der Waals surface area contributed by atoms with Crippen LogP contribution in [0.4, 0.5) is 5.69 Å². The molecule has 1 rings (SSSR count). The van der Waals surface area contributed by atoms with Gasteiger partial charge in [0.1, 0.15) is 0 Å². The normalized spacial score (nSPS) is 11.6. The fourth-order valence-corrected chi connectivity index (χ4v) is 4.12. The van der Waals surface area contributed by atoms with E-state index in [1.165, 1.54) is 10.2 Å². The quantitative estimate of drug-likeness (QED) is 0.764. The Balaban J connectivity index is 3.27. The Morgan fingerprint density at radius 1 is 1.12 bits per heavy atom.